The maximum absolute atomic E-state index is 11.0. The molecule has 1 heterocycles. The number of hydrogen-bond acceptors (Lipinski definition) is 3. The van der Waals surface area contributed by atoms with Crippen molar-refractivity contribution in [3.05, 3.63) is 42.1 Å². The van der Waals surface area contributed by atoms with Crippen molar-refractivity contribution in [3.8, 4) is 11.2 Å². The Morgan fingerprint density at radius 3 is 2.75 bits per heavy atom. The summed E-state index contributed by atoms with van der Waals surface area (Å²) in [6.07, 6.45) is 2.78. The quantitative estimate of drug-likeness (QED) is 0.647. The van der Waals surface area contributed by atoms with Crippen LogP contribution in [0, 0.1) is 11.2 Å². The van der Waals surface area contributed by atoms with Crippen LogP contribution in [0.1, 0.15) is 5.56 Å². The van der Waals surface area contributed by atoms with E-state index in [0.717, 1.165) is 17.2 Å². The molecule has 0 amide bonds. The van der Waals surface area contributed by atoms with Crippen molar-refractivity contribution < 1.29 is 8.42 Å². The summed E-state index contributed by atoms with van der Waals surface area (Å²) >= 11 is 0. The SMILES string of the molecule is CS(=O)(=O)C#Cc1cccc2ncccc12. The second-order valence-corrected chi connectivity index (χ2v) is 5.12. The summed E-state index contributed by atoms with van der Waals surface area (Å²) in [7, 11) is -3.27. The van der Waals surface area contributed by atoms with Crippen LogP contribution in [0.3, 0.4) is 0 Å². The van der Waals surface area contributed by atoms with Gasteiger partial charge in [-0.3, -0.25) is 4.98 Å². The zero-order chi connectivity index (χ0) is 11.6. The molecule has 0 aliphatic carbocycles. The average molecular weight is 231 g/mol. The predicted molar refractivity (Wildman–Crippen MR) is 63.5 cm³/mol. The molecule has 0 atom stereocenters. The van der Waals surface area contributed by atoms with Gasteiger partial charge in [0.15, 0.2) is 0 Å². The van der Waals surface area contributed by atoms with Crippen LogP contribution in [0.2, 0.25) is 0 Å². The van der Waals surface area contributed by atoms with Crippen LogP contribution in [0.25, 0.3) is 10.9 Å². The smallest absolute Gasteiger partial charge is 0.214 e. The normalized spacial score (nSPS) is 10.8. The van der Waals surface area contributed by atoms with Crippen molar-refractivity contribution in [2.75, 3.05) is 6.26 Å². The standard InChI is InChI=1S/C12H9NO2S/c1-16(14,15)9-7-10-4-2-6-12-11(10)5-3-8-13-12/h2-6,8H,1H3. The molecule has 0 aliphatic rings. The minimum absolute atomic E-state index is 0.677. The van der Waals surface area contributed by atoms with Gasteiger partial charge in [0, 0.05) is 22.4 Å². The van der Waals surface area contributed by atoms with Crippen molar-refractivity contribution in [1.82, 2.24) is 4.98 Å². The Kier molecular flexibility index (Phi) is 2.63. The van der Waals surface area contributed by atoms with Crippen LogP contribution in [0.4, 0.5) is 0 Å². The summed E-state index contributed by atoms with van der Waals surface area (Å²) < 4.78 is 21.9. The van der Waals surface area contributed by atoms with Crippen molar-refractivity contribution >= 4 is 20.7 Å². The first-order valence-electron chi connectivity index (χ1n) is 4.63. The van der Waals surface area contributed by atoms with E-state index in [1.54, 1.807) is 18.3 Å². The molecule has 2 rings (SSSR count). The van der Waals surface area contributed by atoms with E-state index in [1.807, 2.05) is 18.2 Å². The molecule has 1 aromatic carbocycles. The van der Waals surface area contributed by atoms with E-state index in [-0.39, 0.29) is 0 Å². The second-order valence-electron chi connectivity index (χ2n) is 3.37. The molecule has 2 aromatic rings. The molecular weight excluding hydrogens is 222 g/mol. The maximum Gasteiger partial charge on any atom is 0.214 e. The summed E-state index contributed by atoms with van der Waals surface area (Å²) in [5.74, 6) is 2.65. The van der Waals surface area contributed by atoms with Crippen LogP contribution in [-0.2, 0) is 9.84 Å². The summed E-state index contributed by atoms with van der Waals surface area (Å²) in [4.78, 5) is 4.17. The van der Waals surface area contributed by atoms with Crippen LogP contribution < -0.4 is 0 Å². The fourth-order valence-electron chi connectivity index (χ4n) is 1.36. The lowest BCUT2D eigenvalue weighted by Crippen LogP contribution is -1.89. The van der Waals surface area contributed by atoms with Crippen molar-refractivity contribution in [2.45, 2.75) is 0 Å². The number of pyridine rings is 1. The van der Waals surface area contributed by atoms with Crippen LogP contribution in [-0.4, -0.2) is 19.7 Å². The second kappa shape index (κ2) is 3.95. The van der Waals surface area contributed by atoms with Gasteiger partial charge in [-0.1, -0.05) is 12.1 Å². The molecule has 4 heteroatoms. The third-order valence-corrected chi connectivity index (χ3v) is 2.49. The van der Waals surface area contributed by atoms with Crippen molar-refractivity contribution in [1.29, 1.82) is 0 Å². The van der Waals surface area contributed by atoms with Crippen LogP contribution in [0.15, 0.2) is 36.5 Å². The third kappa shape index (κ3) is 2.38. The molecule has 1 aromatic heterocycles. The van der Waals surface area contributed by atoms with E-state index < -0.39 is 9.84 Å². The Morgan fingerprint density at radius 1 is 1.19 bits per heavy atom. The summed E-state index contributed by atoms with van der Waals surface area (Å²) in [6, 6.07) is 9.12. The largest absolute Gasteiger partial charge is 0.256 e. The topological polar surface area (TPSA) is 47.0 Å². The lowest BCUT2D eigenvalue weighted by molar-refractivity contribution is 0.611. The number of aromatic nitrogens is 1. The van der Waals surface area contributed by atoms with Crippen molar-refractivity contribution in [3.63, 3.8) is 0 Å². The molecule has 3 nitrogen and oxygen atoms in total. The molecule has 0 saturated carbocycles. The fourth-order valence-corrected chi connectivity index (χ4v) is 1.66. The maximum atomic E-state index is 11.0. The summed E-state index contributed by atoms with van der Waals surface area (Å²) in [6.45, 7) is 0. The van der Waals surface area contributed by atoms with Gasteiger partial charge in [0.2, 0.25) is 9.84 Å². The molecule has 0 spiro atoms. The van der Waals surface area contributed by atoms with Gasteiger partial charge in [-0.15, -0.1) is 0 Å². The molecule has 0 bridgehead atoms. The Hall–Kier alpha value is -1.86. The first kappa shape index (κ1) is 10.7. The van der Waals surface area contributed by atoms with E-state index in [9.17, 15) is 8.42 Å². The number of rotatable bonds is 0. The number of hydrogen-bond donors (Lipinski definition) is 0. The Morgan fingerprint density at radius 2 is 2.00 bits per heavy atom. The Bertz CT molecular complexity index is 688. The number of nitrogens with zero attached hydrogens (tertiary/aromatic N) is 1. The van der Waals surface area contributed by atoms with Crippen LogP contribution in [0.5, 0.6) is 0 Å². The van der Waals surface area contributed by atoms with Crippen molar-refractivity contribution in [2.24, 2.45) is 0 Å². The molecule has 0 aliphatic heterocycles. The van der Waals surface area contributed by atoms with Gasteiger partial charge in [-0.05, 0) is 24.1 Å². The molecule has 80 valence electrons. The number of sulfone groups is 1. The Balaban J connectivity index is 2.65. The highest BCUT2D eigenvalue weighted by Gasteiger charge is 1.98. The lowest BCUT2D eigenvalue weighted by Gasteiger charge is -1.97. The van der Waals surface area contributed by atoms with Gasteiger partial charge in [-0.2, -0.15) is 0 Å². The van der Waals surface area contributed by atoms with E-state index in [2.05, 4.69) is 16.2 Å². The predicted octanol–water partition coefficient (Wildman–Crippen LogP) is 1.59. The molecular formula is C12H9NO2S. The molecule has 0 fully saturated rings. The number of fused-ring (bicyclic) bond motifs is 1. The summed E-state index contributed by atoms with van der Waals surface area (Å²) in [5.41, 5.74) is 1.49. The Labute approximate surface area is 94.1 Å². The highest BCUT2D eigenvalue weighted by molar-refractivity contribution is 7.95. The van der Waals surface area contributed by atoms with E-state index >= 15 is 0 Å². The van der Waals surface area contributed by atoms with Gasteiger partial charge in [0.25, 0.3) is 0 Å². The first-order valence-corrected chi connectivity index (χ1v) is 6.52. The number of benzene rings is 1. The zero-order valence-electron chi connectivity index (χ0n) is 8.64. The third-order valence-electron chi connectivity index (χ3n) is 2.02. The highest BCUT2D eigenvalue weighted by atomic mass is 32.2. The zero-order valence-corrected chi connectivity index (χ0v) is 9.45. The van der Waals surface area contributed by atoms with E-state index in [1.165, 1.54) is 0 Å². The molecule has 16 heavy (non-hydrogen) atoms. The first-order chi connectivity index (χ1) is 7.56. The van der Waals surface area contributed by atoms with Gasteiger partial charge in [-0.25, -0.2) is 8.42 Å². The van der Waals surface area contributed by atoms with Crippen LogP contribution >= 0.6 is 0 Å². The van der Waals surface area contributed by atoms with Gasteiger partial charge in [0.1, 0.15) is 0 Å². The van der Waals surface area contributed by atoms with E-state index in [4.69, 9.17) is 0 Å². The van der Waals surface area contributed by atoms with Gasteiger partial charge in [0.05, 0.1) is 11.8 Å². The average Bonchev–Trinajstić information content (AvgIpc) is 2.25. The minimum atomic E-state index is -3.27. The molecule has 0 N–H and O–H groups in total. The molecule has 0 radical (unpaired) electrons. The molecule has 0 unspecified atom stereocenters. The molecule has 0 saturated heterocycles. The fraction of sp³-hybridized carbons (Fsp3) is 0.0833. The highest BCUT2D eigenvalue weighted by Crippen LogP contribution is 2.15. The van der Waals surface area contributed by atoms with Gasteiger partial charge >= 0.3 is 0 Å². The lowest BCUT2D eigenvalue weighted by atomic mass is 10.1. The van der Waals surface area contributed by atoms with E-state index in [0.29, 0.717) is 5.56 Å². The summed E-state index contributed by atoms with van der Waals surface area (Å²) in [5, 5.41) is 3.09. The minimum Gasteiger partial charge on any atom is -0.256 e. The van der Waals surface area contributed by atoms with Gasteiger partial charge < -0.3 is 0 Å². The monoisotopic (exact) mass is 231 g/mol.